The first-order valence-corrected chi connectivity index (χ1v) is 23.4. The van der Waals surface area contributed by atoms with Crippen molar-refractivity contribution in [2.45, 2.75) is 111 Å². The standard InChI is InChI=1S/4C12H16NOS.4Rb/c4*1-8(2)11(9(3)4)12-10(13-7-14)5-6-15-12;;;;/h4*5-6,8H,1-4H3,(H,13,14);;;;/q4*-1;4*+1. The van der Waals surface area contributed by atoms with Gasteiger partial charge in [0.2, 0.25) is 0 Å². The molecule has 8 nitrogen and oxygen atoms in total. The molecule has 4 aromatic rings. The molecule has 0 saturated carbocycles. The van der Waals surface area contributed by atoms with E-state index in [9.17, 15) is 19.2 Å². The first-order valence-electron chi connectivity index (χ1n) is 19.8. The molecule has 16 heteroatoms. The summed E-state index contributed by atoms with van der Waals surface area (Å²) in [5.74, 6) is 1.84. The molecular weight excluding hydrogens is 1170 g/mol. The summed E-state index contributed by atoms with van der Waals surface area (Å²) >= 11 is 6.62. The topological polar surface area (TPSA) is 116 Å². The zero-order chi connectivity index (χ0) is 45.7. The number of allylic oxidation sites excluding steroid dienone is 8. The van der Waals surface area contributed by atoms with E-state index in [1.54, 1.807) is 71.0 Å². The molecule has 4 N–H and O–H groups in total. The van der Waals surface area contributed by atoms with Gasteiger partial charge in [-0.1, -0.05) is 100 Å². The van der Waals surface area contributed by atoms with Crippen LogP contribution in [0.4, 0.5) is 22.7 Å². The van der Waals surface area contributed by atoms with E-state index < -0.39 is 0 Å². The normalized spacial score (nSPS) is 9.56. The molecule has 0 aliphatic carbocycles. The number of anilines is 4. The second-order valence-electron chi connectivity index (χ2n) is 15.8. The van der Waals surface area contributed by atoms with Crippen molar-refractivity contribution in [2.24, 2.45) is 23.7 Å². The van der Waals surface area contributed by atoms with E-state index in [1.807, 2.05) is 45.8 Å². The molecule has 0 spiro atoms. The Morgan fingerprint density at radius 3 is 0.625 bits per heavy atom. The predicted octanol–water partition coefficient (Wildman–Crippen LogP) is 2.72. The summed E-state index contributed by atoms with van der Waals surface area (Å²) in [6.07, 6.45) is 6.91. The Bertz CT molecular complexity index is 1810. The van der Waals surface area contributed by atoms with Crippen molar-refractivity contribution in [1.82, 2.24) is 0 Å². The van der Waals surface area contributed by atoms with Gasteiger partial charge in [0.25, 0.3) is 0 Å². The quantitative estimate of drug-likeness (QED) is 0.102. The first kappa shape index (κ1) is 73.4. The molecule has 4 aromatic heterocycles. The van der Waals surface area contributed by atoms with Crippen molar-refractivity contribution in [2.75, 3.05) is 21.3 Å². The van der Waals surface area contributed by atoms with E-state index in [0.29, 0.717) is 23.7 Å². The third-order valence-corrected chi connectivity index (χ3v) is 12.6. The number of amides is 4. The second kappa shape index (κ2) is 40.4. The molecule has 0 radical (unpaired) electrons. The summed E-state index contributed by atoms with van der Waals surface area (Å²) in [7, 11) is 0. The fourth-order valence-corrected chi connectivity index (χ4v) is 11.6. The minimum absolute atomic E-state index is 0. The Labute approximate surface area is 597 Å². The molecule has 328 valence electrons. The molecule has 0 aromatic carbocycles. The van der Waals surface area contributed by atoms with Crippen molar-refractivity contribution in [3.8, 4) is 0 Å². The van der Waals surface area contributed by atoms with Crippen LogP contribution in [0.3, 0.4) is 0 Å². The maximum absolute atomic E-state index is 10.3. The third-order valence-electron chi connectivity index (χ3n) is 8.85. The Morgan fingerprint density at radius 2 is 0.516 bits per heavy atom. The van der Waals surface area contributed by atoms with Gasteiger partial charge >= 0.3 is 233 Å². The van der Waals surface area contributed by atoms with Crippen molar-refractivity contribution >= 4 is 116 Å². The minimum atomic E-state index is 0. The Balaban J connectivity index is -0.000000367. The fraction of sp³-hybridized carbons (Fsp3) is 0.417. The molecule has 0 bridgehead atoms. The summed E-state index contributed by atoms with van der Waals surface area (Å²) in [5.41, 5.74) is 13.8. The SMILES string of the molecule is CC(C)=C(c1sccc1N[C-]=O)C(C)C.CC(C)=C(c1sccc1N[C-]=O)C(C)C.CC(C)=C(c1sccc1N[C-]=O)C(C)C.CC(C)=C(c1sccc1N[C-]=O)C(C)C.[Rb+].[Rb+].[Rb+].[Rb+]. The summed E-state index contributed by atoms with van der Waals surface area (Å²) in [6, 6.07) is 7.65. The molecule has 0 unspecified atom stereocenters. The first-order chi connectivity index (χ1) is 28.3. The summed E-state index contributed by atoms with van der Waals surface area (Å²) in [6.45, 7) is 34.1. The molecule has 4 heterocycles. The minimum Gasteiger partial charge on any atom is -0.489 e. The van der Waals surface area contributed by atoms with Crippen molar-refractivity contribution in [1.29, 1.82) is 0 Å². The maximum atomic E-state index is 10.3. The monoisotopic (exact) mass is 1230 g/mol. The maximum Gasteiger partial charge on any atom is 1.00 e. The summed E-state index contributed by atoms with van der Waals surface area (Å²) < 4.78 is 0. The largest absolute Gasteiger partial charge is 1.00 e. The van der Waals surface area contributed by atoms with Crippen molar-refractivity contribution in [3.05, 3.63) is 87.6 Å². The van der Waals surface area contributed by atoms with Crippen LogP contribution in [0.5, 0.6) is 0 Å². The molecule has 64 heavy (non-hydrogen) atoms. The van der Waals surface area contributed by atoms with Crippen LogP contribution < -0.4 is 254 Å². The molecule has 0 aliphatic heterocycles. The Kier molecular flexibility index (Phi) is 46.3. The number of carbonyl (C=O) groups excluding carboxylic acids is 4. The van der Waals surface area contributed by atoms with Crippen LogP contribution in [0, 0.1) is 23.7 Å². The smallest absolute Gasteiger partial charge is 0.489 e. The van der Waals surface area contributed by atoms with Gasteiger partial charge in [-0.15, -0.1) is 24.3 Å². The van der Waals surface area contributed by atoms with Gasteiger partial charge in [0.15, 0.2) is 0 Å². The van der Waals surface area contributed by atoms with Crippen LogP contribution in [0.2, 0.25) is 0 Å². The van der Waals surface area contributed by atoms with Gasteiger partial charge in [-0.05, 0) is 142 Å². The van der Waals surface area contributed by atoms with Crippen molar-refractivity contribution in [3.63, 3.8) is 0 Å². The zero-order valence-electron chi connectivity index (χ0n) is 42.2. The van der Waals surface area contributed by atoms with Gasteiger partial charge in [0.1, 0.15) is 0 Å². The van der Waals surface area contributed by atoms with E-state index in [-0.39, 0.29) is 233 Å². The van der Waals surface area contributed by atoms with Crippen molar-refractivity contribution < 1.29 is 252 Å². The van der Waals surface area contributed by atoms with Gasteiger partial charge < -0.3 is 40.4 Å². The number of hydrogen-bond acceptors (Lipinski definition) is 8. The zero-order valence-corrected chi connectivity index (χ0v) is 65.1. The third kappa shape index (κ3) is 25.0. The second-order valence-corrected chi connectivity index (χ2v) is 19.5. The van der Waals surface area contributed by atoms with Gasteiger partial charge in [0, 0.05) is 0 Å². The molecule has 0 aliphatic rings. The number of nitrogens with one attached hydrogen (secondary N) is 4. The fourth-order valence-electron chi connectivity index (χ4n) is 6.95. The molecule has 4 rings (SSSR count). The van der Waals surface area contributed by atoms with Crippen LogP contribution in [-0.2, 0) is 19.2 Å². The van der Waals surface area contributed by atoms with E-state index in [4.69, 9.17) is 0 Å². The van der Waals surface area contributed by atoms with E-state index in [0.717, 1.165) is 42.3 Å². The predicted molar refractivity (Wildman–Crippen MR) is 267 cm³/mol. The number of hydrogen-bond donors (Lipinski definition) is 4. The van der Waals surface area contributed by atoms with Gasteiger partial charge in [0.05, 0.1) is 25.6 Å². The van der Waals surface area contributed by atoms with Crippen LogP contribution in [0.15, 0.2) is 68.1 Å². The van der Waals surface area contributed by atoms with Crippen LogP contribution in [0.1, 0.15) is 130 Å². The number of rotatable bonds is 16. The van der Waals surface area contributed by atoms with E-state index >= 15 is 0 Å². The molecule has 0 saturated heterocycles. The Hall–Kier alpha value is 2.86. The number of thiophene rings is 4. The van der Waals surface area contributed by atoms with Gasteiger partial charge in [-0.2, -0.15) is 45.3 Å². The molecule has 0 atom stereocenters. The molecular formula is C48H64N4O4Rb4S4. The van der Waals surface area contributed by atoms with E-state index in [2.05, 4.69) is 132 Å². The van der Waals surface area contributed by atoms with Gasteiger partial charge in [-0.3, -0.25) is 0 Å². The van der Waals surface area contributed by atoms with E-state index in [1.165, 1.54) is 44.6 Å². The van der Waals surface area contributed by atoms with Crippen LogP contribution in [-0.4, -0.2) is 25.6 Å². The van der Waals surface area contributed by atoms with Crippen LogP contribution in [0.25, 0.3) is 22.3 Å². The summed E-state index contributed by atoms with van der Waals surface area (Å²) in [4.78, 5) is 45.9. The average Bonchev–Trinajstić information content (AvgIpc) is 3.97. The Morgan fingerprint density at radius 1 is 0.359 bits per heavy atom. The van der Waals surface area contributed by atoms with Crippen LogP contribution >= 0.6 is 45.3 Å². The van der Waals surface area contributed by atoms with Gasteiger partial charge in [-0.25, -0.2) is 0 Å². The summed E-state index contributed by atoms with van der Waals surface area (Å²) in [5, 5.41) is 18.4. The average molecular weight is 1230 g/mol. The molecule has 0 fully saturated rings. The molecule has 4 amide bonds.